The second-order valence-corrected chi connectivity index (χ2v) is 11.2. The number of alkyl halides is 2. The van der Waals surface area contributed by atoms with Gasteiger partial charge in [-0.15, -0.1) is 0 Å². The molecule has 1 N–H and O–H groups in total. The van der Waals surface area contributed by atoms with Gasteiger partial charge in [-0.1, -0.05) is 29.3 Å². The maximum Gasteiger partial charge on any atom is 0.387 e. The molecule has 1 aliphatic carbocycles. The summed E-state index contributed by atoms with van der Waals surface area (Å²) in [5, 5.41) is 11.0. The van der Waals surface area contributed by atoms with Crippen LogP contribution in [0.25, 0.3) is 0 Å². The van der Waals surface area contributed by atoms with Crippen LogP contribution in [-0.4, -0.2) is 36.2 Å². The zero-order valence-corrected chi connectivity index (χ0v) is 26.1. The Morgan fingerprint density at radius 3 is 2.40 bits per heavy atom. The second kappa shape index (κ2) is 14.7. The molecule has 0 spiro atoms. The molecule has 1 atom stereocenters. The summed E-state index contributed by atoms with van der Waals surface area (Å²) in [7, 11) is 1.41. The lowest BCUT2D eigenvalue weighted by Gasteiger charge is -2.21. The second-order valence-electron chi connectivity index (χ2n) is 10.4. The fourth-order valence-electron chi connectivity index (χ4n) is 4.49. The Kier molecular flexibility index (Phi) is 10.5. The molecule has 1 aliphatic rings. The predicted octanol–water partition coefficient (Wildman–Crippen LogP) is 7.92. The molecule has 0 radical (unpaired) electrons. The number of rotatable bonds is 14. The molecule has 11 nitrogen and oxygen atoms in total. The van der Waals surface area contributed by atoms with Gasteiger partial charge in [-0.25, -0.2) is 4.79 Å². The first-order chi connectivity index (χ1) is 22.5. The van der Waals surface area contributed by atoms with Crippen molar-refractivity contribution in [1.29, 1.82) is 0 Å². The average molecular weight is 691 g/mol. The van der Waals surface area contributed by atoms with Gasteiger partial charge in [-0.2, -0.15) is 8.78 Å². The fraction of sp³-hybridized carbons (Fsp3) is 0.250. The highest BCUT2D eigenvalue weighted by Crippen LogP contribution is 2.39. The number of H-pyrrole nitrogens is 1. The number of benzene rings is 3. The van der Waals surface area contributed by atoms with Crippen molar-refractivity contribution in [3.63, 3.8) is 0 Å². The van der Waals surface area contributed by atoms with E-state index in [0.717, 1.165) is 12.8 Å². The predicted molar refractivity (Wildman–Crippen MR) is 166 cm³/mol. The van der Waals surface area contributed by atoms with Crippen molar-refractivity contribution in [2.24, 2.45) is 5.92 Å². The number of hydrogen-bond acceptors (Lipinski definition) is 9. The Labute approximate surface area is 276 Å². The minimum atomic E-state index is -3.11. The third kappa shape index (κ3) is 8.48. The van der Waals surface area contributed by atoms with Crippen LogP contribution >= 0.6 is 23.2 Å². The van der Waals surface area contributed by atoms with Crippen molar-refractivity contribution in [2.45, 2.75) is 32.0 Å². The summed E-state index contributed by atoms with van der Waals surface area (Å²) in [6.07, 6.45) is 1.86. The van der Waals surface area contributed by atoms with E-state index in [1.165, 1.54) is 61.8 Å². The van der Waals surface area contributed by atoms with E-state index in [-0.39, 0.29) is 74.6 Å². The van der Waals surface area contributed by atoms with Gasteiger partial charge >= 0.3 is 12.6 Å². The zero-order chi connectivity index (χ0) is 33.7. The van der Waals surface area contributed by atoms with Gasteiger partial charge in [0.1, 0.15) is 16.9 Å². The van der Waals surface area contributed by atoms with E-state index in [0.29, 0.717) is 5.56 Å². The van der Waals surface area contributed by atoms with Gasteiger partial charge in [0.15, 0.2) is 23.0 Å². The van der Waals surface area contributed by atoms with Gasteiger partial charge in [0.2, 0.25) is 0 Å². The molecule has 1 heterocycles. The summed E-state index contributed by atoms with van der Waals surface area (Å²) in [5.74, 6) is -0.143. The summed E-state index contributed by atoms with van der Waals surface area (Å²) in [6, 6.07) is 13.7. The van der Waals surface area contributed by atoms with E-state index in [1.807, 2.05) is 0 Å². The quantitative estimate of drug-likeness (QED) is 0.0794. The minimum absolute atomic E-state index is 0.0265. The Bertz CT molecular complexity index is 1830. The van der Waals surface area contributed by atoms with Crippen molar-refractivity contribution in [3.8, 4) is 28.7 Å². The van der Waals surface area contributed by atoms with Crippen molar-refractivity contribution in [2.75, 3.05) is 13.7 Å². The van der Waals surface area contributed by atoms with E-state index < -0.39 is 29.2 Å². The van der Waals surface area contributed by atoms with Crippen LogP contribution in [0, 0.1) is 16.0 Å². The summed E-state index contributed by atoms with van der Waals surface area (Å²) < 4.78 is 53.7. The Morgan fingerprint density at radius 1 is 1.02 bits per heavy atom. The van der Waals surface area contributed by atoms with Gasteiger partial charge in [0, 0.05) is 30.3 Å². The molecule has 0 bridgehead atoms. The molecule has 15 heteroatoms. The maximum absolute atomic E-state index is 13.6. The molecule has 1 fully saturated rings. The fourth-order valence-corrected chi connectivity index (χ4v) is 5.00. The standard InChI is InChI=1S/C32H26Cl2F2N2O9/c1-43-24-10-4-18(12-28(24)45-21-8-6-20(7-9-21)38(41)42)26(14-22-23(33)15-37-30(39)29(22)34)46-31(40)19-5-11-25(47-32(35)36)27(13-19)44-16-17-2-3-17/h4-13,15,17,26,32H,2-3,14,16H2,1H3,(H,37,39). The number of ether oxygens (including phenoxy) is 5. The van der Waals surface area contributed by atoms with E-state index >= 15 is 0 Å². The molecule has 0 aliphatic heterocycles. The summed E-state index contributed by atoms with van der Waals surface area (Å²) in [5.41, 5.74) is -0.211. The van der Waals surface area contributed by atoms with Crippen molar-refractivity contribution in [3.05, 3.63) is 114 Å². The van der Waals surface area contributed by atoms with Crippen LogP contribution in [0.4, 0.5) is 14.5 Å². The Balaban J connectivity index is 1.49. The number of nitrogens with zero attached hydrogens (tertiary/aromatic N) is 1. The average Bonchev–Trinajstić information content (AvgIpc) is 3.88. The molecule has 0 saturated heterocycles. The number of nitro groups is 1. The number of methoxy groups -OCH3 is 1. The molecular formula is C32H26Cl2F2N2O9. The third-order valence-corrected chi connectivity index (χ3v) is 7.86. The van der Waals surface area contributed by atoms with Crippen LogP contribution < -0.4 is 24.5 Å². The number of pyridine rings is 1. The molecule has 0 amide bonds. The van der Waals surface area contributed by atoms with E-state index in [9.17, 15) is 28.5 Å². The Hall–Kier alpha value is -4.88. The summed E-state index contributed by atoms with van der Waals surface area (Å²) >= 11 is 12.7. The molecule has 47 heavy (non-hydrogen) atoms. The number of aromatic amines is 1. The van der Waals surface area contributed by atoms with Crippen LogP contribution in [0.2, 0.25) is 10.0 Å². The molecular weight excluding hydrogens is 665 g/mol. The summed E-state index contributed by atoms with van der Waals surface area (Å²) in [4.78, 5) is 38.8. The van der Waals surface area contributed by atoms with Crippen LogP contribution in [0.3, 0.4) is 0 Å². The van der Waals surface area contributed by atoms with E-state index in [2.05, 4.69) is 9.72 Å². The first kappa shape index (κ1) is 33.5. The van der Waals surface area contributed by atoms with Crippen LogP contribution in [-0.2, 0) is 11.2 Å². The monoisotopic (exact) mass is 690 g/mol. The smallest absolute Gasteiger partial charge is 0.387 e. The number of carbonyl (C=O) groups excluding carboxylic acids is 1. The van der Waals surface area contributed by atoms with Gasteiger partial charge in [0.05, 0.1) is 29.2 Å². The zero-order valence-electron chi connectivity index (χ0n) is 24.5. The lowest BCUT2D eigenvalue weighted by Crippen LogP contribution is -2.17. The van der Waals surface area contributed by atoms with Gasteiger partial charge in [-0.05, 0) is 66.8 Å². The number of nitro benzene ring substituents is 1. The van der Waals surface area contributed by atoms with Gasteiger partial charge < -0.3 is 28.7 Å². The minimum Gasteiger partial charge on any atom is -0.493 e. The topological polar surface area (TPSA) is 139 Å². The van der Waals surface area contributed by atoms with Crippen molar-refractivity contribution < 1.29 is 42.2 Å². The van der Waals surface area contributed by atoms with Crippen LogP contribution in [0.1, 0.15) is 40.4 Å². The number of hydrogen-bond donors (Lipinski definition) is 1. The lowest BCUT2D eigenvalue weighted by atomic mass is 10.0. The number of non-ortho nitro benzene ring substituents is 1. The third-order valence-electron chi connectivity index (χ3n) is 7.12. The molecule has 3 aromatic carbocycles. The Morgan fingerprint density at radius 2 is 1.74 bits per heavy atom. The van der Waals surface area contributed by atoms with Gasteiger partial charge in [0.25, 0.3) is 11.2 Å². The van der Waals surface area contributed by atoms with E-state index in [1.54, 1.807) is 12.1 Å². The largest absolute Gasteiger partial charge is 0.493 e. The van der Waals surface area contributed by atoms with Crippen LogP contribution in [0.5, 0.6) is 28.7 Å². The highest BCUT2D eigenvalue weighted by molar-refractivity contribution is 6.35. The van der Waals surface area contributed by atoms with Crippen LogP contribution in [0.15, 0.2) is 71.7 Å². The summed E-state index contributed by atoms with van der Waals surface area (Å²) in [6.45, 7) is -2.84. The van der Waals surface area contributed by atoms with Gasteiger partial charge in [-0.3, -0.25) is 14.9 Å². The highest BCUT2D eigenvalue weighted by atomic mass is 35.5. The highest BCUT2D eigenvalue weighted by Gasteiger charge is 2.27. The molecule has 246 valence electrons. The van der Waals surface area contributed by atoms with Crippen molar-refractivity contribution >= 4 is 34.9 Å². The number of carbonyl (C=O) groups is 1. The van der Waals surface area contributed by atoms with Crippen molar-refractivity contribution in [1.82, 2.24) is 4.98 Å². The van der Waals surface area contributed by atoms with E-state index in [4.69, 9.17) is 42.1 Å². The molecule has 4 aromatic rings. The molecule has 5 rings (SSSR count). The number of aromatic nitrogens is 1. The lowest BCUT2D eigenvalue weighted by molar-refractivity contribution is -0.384. The number of nitrogens with one attached hydrogen (secondary N) is 1. The number of halogens is 4. The first-order valence-electron chi connectivity index (χ1n) is 14.1. The maximum atomic E-state index is 13.6. The number of esters is 1. The first-order valence-corrected chi connectivity index (χ1v) is 14.9. The normalized spacial score (nSPS) is 13.1. The SMILES string of the molecule is COc1ccc(C(Cc2c(Cl)c[nH]c(=O)c2Cl)OC(=O)c2ccc(OC(F)F)c(OCC3CC3)c2)cc1Oc1ccc([N+](=O)[O-])cc1. The molecule has 1 saturated carbocycles. The molecule has 1 aromatic heterocycles. The molecule has 1 unspecified atom stereocenters.